The monoisotopic (exact) mass is 176 g/mol. The summed E-state index contributed by atoms with van der Waals surface area (Å²) in [6.45, 7) is 0.929. The van der Waals surface area contributed by atoms with Gasteiger partial charge in [-0.1, -0.05) is 0 Å². The minimum atomic E-state index is 0.291. The van der Waals surface area contributed by atoms with Crippen LogP contribution in [0.2, 0.25) is 0 Å². The first-order valence-corrected chi connectivity index (χ1v) is 4.11. The second-order valence-corrected chi connectivity index (χ2v) is 2.91. The summed E-state index contributed by atoms with van der Waals surface area (Å²) in [5.41, 5.74) is 1.05. The summed E-state index contributed by atoms with van der Waals surface area (Å²) >= 11 is 0. The molecule has 13 heavy (non-hydrogen) atoms. The molecular formula is C9H8N2O2. The fraction of sp³-hybridized carbons (Fsp3) is 0.222. The Balaban J connectivity index is 2.42. The summed E-state index contributed by atoms with van der Waals surface area (Å²) in [6.07, 6.45) is 1.70. The maximum atomic E-state index is 5.31. The molecular weight excluding hydrogens is 168 g/mol. The molecule has 0 amide bonds. The van der Waals surface area contributed by atoms with Gasteiger partial charge < -0.3 is 14.8 Å². The Morgan fingerprint density at radius 2 is 2.38 bits per heavy atom. The third-order valence-corrected chi connectivity index (χ3v) is 2.17. The van der Waals surface area contributed by atoms with Crippen LogP contribution in [0.1, 0.15) is 0 Å². The van der Waals surface area contributed by atoms with Gasteiger partial charge in [-0.25, -0.2) is 0 Å². The molecule has 0 aromatic heterocycles. The standard InChI is InChI=1S/C9H8N2O2/c1-2-8-6(3-12-5-13-8)9-7(1)10-4-11-9/h1-3,10H,4-5H2. The quantitative estimate of drug-likeness (QED) is 0.595. The lowest BCUT2D eigenvalue weighted by molar-refractivity contribution is 0.0909. The molecule has 2 aliphatic rings. The molecule has 1 N–H and O–H groups in total. The van der Waals surface area contributed by atoms with Crippen LogP contribution in [0, 0.1) is 0 Å². The first kappa shape index (κ1) is 6.77. The van der Waals surface area contributed by atoms with E-state index in [0.29, 0.717) is 13.5 Å². The van der Waals surface area contributed by atoms with Crippen molar-refractivity contribution in [1.29, 1.82) is 0 Å². The van der Waals surface area contributed by atoms with Gasteiger partial charge in [0.05, 0.1) is 16.3 Å². The molecule has 0 saturated heterocycles. The molecule has 1 aromatic rings. The SMILES string of the molecule is C1=c2c(ccc3c2=NCN3)OCO1. The molecule has 2 aliphatic heterocycles. The van der Waals surface area contributed by atoms with E-state index < -0.39 is 0 Å². The average Bonchev–Trinajstić information content (AvgIpc) is 2.65. The number of hydrogen-bond donors (Lipinski definition) is 1. The predicted octanol–water partition coefficient (Wildman–Crippen LogP) is -0.206. The van der Waals surface area contributed by atoms with E-state index >= 15 is 0 Å². The zero-order valence-electron chi connectivity index (χ0n) is 6.91. The van der Waals surface area contributed by atoms with E-state index in [4.69, 9.17) is 9.47 Å². The summed E-state index contributed by atoms with van der Waals surface area (Å²) in [4.78, 5) is 4.31. The molecule has 0 saturated carbocycles. The summed E-state index contributed by atoms with van der Waals surface area (Å²) in [7, 11) is 0. The van der Waals surface area contributed by atoms with Crippen LogP contribution in [0.5, 0.6) is 5.75 Å². The van der Waals surface area contributed by atoms with Crippen LogP contribution in [-0.2, 0) is 4.74 Å². The Hall–Kier alpha value is -1.71. The molecule has 0 radical (unpaired) electrons. The van der Waals surface area contributed by atoms with E-state index in [1.165, 1.54) is 0 Å². The molecule has 4 heteroatoms. The van der Waals surface area contributed by atoms with Crippen LogP contribution in [0.25, 0.3) is 6.26 Å². The van der Waals surface area contributed by atoms with Crippen molar-refractivity contribution in [2.24, 2.45) is 4.99 Å². The van der Waals surface area contributed by atoms with Gasteiger partial charge in [0.15, 0.2) is 0 Å². The van der Waals surface area contributed by atoms with E-state index in [2.05, 4.69) is 10.3 Å². The fourth-order valence-corrected chi connectivity index (χ4v) is 1.56. The van der Waals surface area contributed by atoms with Crippen molar-refractivity contribution < 1.29 is 9.47 Å². The molecule has 66 valence electrons. The molecule has 0 atom stereocenters. The van der Waals surface area contributed by atoms with Gasteiger partial charge in [-0.3, -0.25) is 4.99 Å². The minimum Gasteiger partial charge on any atom is -0.464 e. The third kappa shape index (κ3) is 0.884. The van der Waals surface area contributed by atoms with Crippen LogP contribution in [0.15, 0.2) is 17.1 Å². The number of fused-ring (bicyclic) bond motifs is 3. The highest BCUT2D eigenvalue weighted by molar-refractivity contribution is 5.50. The normalized spacial score (nSPS) is 16.6. The summed E-state index contributed by atoms with van der Waals surface area (Å²) in [5, 5.41) is 5.03. The van der Waals surface area contributed by atoms with Crippen molar-refractivity contribution in [3.05, 3.63) is 22.7 Å². The topological polar surface area (TPSA) is 42.9 Å². The zero-order valence-corrected chi connectivity index (χ0v) is 6.91. The van der Waals surface area contributed by atoms with Gasteiger partial charge in [-0.2, -0.15) is 0 Å². The van der Waals surface area contributed by atoms with Gasteiger partial charge in [0.2, 0.25) is 6.79 Å². The van der Waals surface area contributed by atoms with Gasteiger partial charge >= 0.3 is 0 Å². The average molecular weight is 176 g/mol. The first-order valence-electron chi connectivity index (χ1n) is 4.11. The Kier molecular flexibility index (Phi) is 1.24. The number of anilines is 1. The molecule has 4 nitrogen and oxygen atoms in total. The number of rotatable bonds is 0. The van der Waals surface area contributed by atoms with E-state index in [1.807, 2.05) is 12.1 Å². The van der Waals surface area contributed by atoms with E-state index in [9.17, 15) is 0 Å². The first-order chi connectivity index (χ1) is 6.45. The number of ether oxygens (including phenoxy) is 2. The van der Waals surface area contributed by atoms with Crippen molar-refractivity contribution in [3.63, 3.8) is 0 Å². The number of nitrogens with zero attached hydrogens (tertiary/aromatic N) is 1. The molecule has 1 aromatic carbocycles. The van der Waals surface area contributed by atoms with Gasteiger partial charge in [0, 0.05) is 0 Å². The fourth-order valence-electron chi connectivity index (χ4n) is 1.56. The third-order valence-electron chi connectivity index (χ3n) is 2.17. The molecule has 0 unspecified atom stereocenters. The van der Waals surface area contributed by atoms with Crippen molar-refractivity contribution in [1.82, 2.24) is 0 Å². The van der Waals surface area contributed by atoms with Gasteiger partial charge in [0.1, 0.15) is 18.7 Å². The van der Waals surface area contributed by atoms with Crippen LogP contribution in [0.4, 0.5) is 5.69 Å². The van der Waals surface area contributed by atoms with Gasteiger partial charge in [-0.05, 0) is 12.1 Å². The summed E-state index contributed by atoms with van der Waals surface area (Å²) in [6, 6.07) is 3.91. The van der Waals surface area contributed by atoms with Crippen LogP contribution >= 0.6 is 0 Å². The Labute approximate surface area is 74.5 Å². The second-order valence-electron chi connectivity index (χ2n) is 2.91. The van der Waals surface area contributed by atoms with Crippen molar-refractivity contribution in [2.45, 2.75) is 0 Å². The molecule has 0 fully saturated rings. The van der Waals surface area contributed by atoms with E-state index in [-0.39, 0.29) is 0 Å². The van der Waals surface area contributed by atoms with Gasteiger partial charge in [0.25, 0.3) is 0 Å². The highest BCUT2D eigenvalue weighted by atomic mass is 16.7. The van der Waals surface area contributed by atoms with Crippen molar-refractivity contribution in [3.8, 4) is 5.75 Å². The molecule has 0 bridgehead atoms. The van der Waals surface area contributed by atoms with Gasteiger partial charge in [-0.15, -0.1) is 0 Å². The Bertz CT molecular complexity index is 467. The highest BCUT2D eigenvalue weighted by Gasteiger charge is 2.10. The lowest BCUT2D eigenvalue weighted by Crippen LogP contribution is -2.30. The number of hydrogen-bond acceptors (Lipinski definition) is 4. The lowest BCUT2D eigenvalue weighted by atomic mass is 10.2. The van der Waals surface area contributed by atoms with Crippen LogP contribution in [0.3, 0.4) is 0 Å². The summed E-state index contributed by atoms with van der Waals surface area (Å²) in [5.74, 6) is 0.845. The zero-order chi connectivity index (χ0) is 8.67. The second kappa shape index (κ2) is 2.39. The van der Waals surface area contributed by atoms with E-state index in [1.54, 1.807) is 6.26 Å². The largest absolute Gasteiger partial charge is 0.464 e. The van der Waals surface area contributed by atoms with Crippen LogP contribution in [-0.4, -0.2) is 13.5 Å². The molecule has 3 rings (SSSR count). The molecule has 2 heterocycles. The molecule has 0 spiro atoms. The van der Waals surface area contributed by atoms with Crippen LogP contribution < -0.4 is 20.6 Å². The van der Waals surface area contributed by atoms with Crippen molar-refractivity contribution in [2.75, 3.05) is 18.8 Å². The maximum Gasteiger partial charge on any atom is 0.230 e. The number of nitrogens with one attached hydrogen (secondary N) is 1. The summed E-state index contributed by atoms with van der Waals surface area (Å²) < 4.78 is 10.4. The molecule has 0 aliphatic carbocycles. The van der Waals surface area contributed by atoms with Crippen molar-refractivity contribution >= 4 is 11.9 Å². The Morgan fingerprint density at radius 3 is 3.38 bits per heavy atom. The highest BCUT2D eigenvalue weighted by Crippen LogP contribution is 2.10. The lowest BCUT2D eigenvalue weighted by Gasteiger charge is -2.11. The smallest absolute Gasteiger partial charge is 0.230 e. The van der Waals surface area contributed by atoms with E-state index in [0.717, 1.165) is 22.0 Å². The maximum absolute atomic E-state index is 5.31. The minimum absolute atomic E-state index is 0.291. The Morgan fingerprint density at radius 1 is 1.38 bits per heavy atom. The number of benzene rings is 1. The predicted molar refractivity (Wildman–Crippen MR) is 46.8 cm³/mol.